The predicted octanol–water partition coefficient (Wildman–Crippen LogP) is 1.68. The molecule has 0 aromatic heterocycles. The molecule has 3 nitrogen and oxygen atoms in total. The smallest absolute Gasteiger partial charge is 0.188 e. The monoisotopic (exact) mass is 181 g/mol. The van der Waals surface area contributed by atoms with Crippen LogP contribution in [0, 0.1) is 17.1 Å². The molecule has 0 spiro atoms. The Balaban J connectivity index is 2.88. The van der Waals surface area contributed by atoms with Crippen molar-refractivity contribution in [3.63, 3.8) is 0 Å². The van der Waals surface area contributed by atoms with Crippen LogP contribution in [0.3, 0.4) is 0 Å². The van der Waals surface area contributed by atoms with Crippen molar-refractivity contribution in [2.24, 2.45) is 0 Å². The SMILES string of the molecule is COCOc1ccc(F)cc1C#N. The van der Waals surface area contributed by atoms with Gasteiger partial charge >= 0.3 is 0 Å². The van der Waals surface area contributed by atoms with Gasteiger partial charge < -0.3 is 9.47 Å². The molecule has 13 heavy (non-hydrogen) atoms. The van der Waals surface area contributed by atoms with Gasteiger partial charge in [-0.15, -0.1) is 0 Å². The van der Waals surface area contributed by atoms with Gasteiger partial charge in [-0.2, -0.15) is 5.26 Å². The molecule has 1 rings (SSSR count). The minimum atomic E-state index is -0.457. The van der Waals surface area contributed by atoms with Crippen LogP contribution in [0.15, 0.2) is 18.2 Å². The van der Waals surface area contributed by atoms with Gasteiger partial charge in [-0.1, -0.05) is 0 Å². The van der Waals surface area contributed by atoms with Gasteiger partial charge in [-0.05, 0) is 18.2 Å². The molecule has 68 valence electrons. The summed E-state index contributed by atoms with van der Waals surface area (Å²) in [6.07, 6.45) is 0. The summed E-state index contributed by atoms with van der Waals surface area (Å²) in [4.78, 5) is 0. The molecule has 0 unspecified atom stereocenters. The predicted molar refractivity (Wildman–Crippen MR) is 43.6 cm³/mol. The van der Waals surface area contributed by atoms with Gasteiger partial charge in [0.15, 0.2) is 6.79 Å². The topological polar surface area (TPSA) is 42.2 Å². The van der Waals surface area contributed by atoms with Crippen molar-refractivity contribution in [3.8, 4) is 11.8 Å². The Hall–Kier alpha value is -1.60. The third kappa shape index (κ3) is 2.42. The van der Waals surface area contributed by atoms with E-state index in [2.05, 4.69) is 4.74 Å². The molecule has 0 bridgehead atoms. The second-order valence-electron chi connectivity index (χ2n) is 2.30. The summed E-state index contributed by atoms with van der Waals surface area (Å²) in [6.45, 7) is 0.0420. The maximum atomic E-state index is 12.6. The molecular formula is C9H8FNO2. The molecule has 0 aliphatic carbocycles. The summed E-state index contributed by atoms with van der Waals surface area (Å²) in [5.74, 6) is -0.132. The van der Waals surface area contributed by atoms with Crippen LogP contribution < -0.4 is 4.74 Å². The molecule has 1 aromatic rings. The van der Waals surface area contributed by atoms with Crippen molar-refractivity contribution < 1.29 is 13.9 Å². The van der Waals surface area contributed by atoms with E-state index in [-0.39, 0.29) is 12.4 Å². The third-order valence-corrected chi connectivity index (χ3v) is 1.39. The van der Waals surface area contributed by atoms with Crippen molar-refractivity contribution >= 4 is 0 Å². The van der Waals surface area contributed by atoms with Crippen LogP contribution in [0.4, 0.5) is 4.39 Å². The van der Waals surface area contributed by atoms with Crippen molar-refractivity contribution in [1.82, 2.24) is 0 Å². The molecule has 4 heteroatoms. The number of ether oxygens (including phenoxy) is 2. The van der Waals surface area contributed by atoms with E-state index in [0.29, 0.717) is 5.75 Å². The highest BCUT2D eigenvalue weighted by molar-refractivity contribution is 5.42. The fourth-order valence-electron chi connectivity index (χ4n) is 0.838. The van der Waals surface area contributed by atoms with Gasteiger partial charge in [-0.3, -0.25) is 0 Å². The molecule has 0 saturated carbocycles. The van der Waals surface area contributed by atoms with Gasteiger partial charge in [0.1, 0.15) is 17.6 Å². The van der Waals surface area contributed by atoms with Crippen molar-refractivity contribution in [1.29, 1.82) is 5.26 Å². The molecule has 0 heterocycles. The summed E-state index contributed by atoms with van der Waals surface area (Å²) in [5, 5.41) is 8.60. The zero-order valence-electron chi connectivity index (χ0n) is 7.08. The van der Waals surface area contributed by atoms with E-state index < -0.39 is 5.82 Å². The molecule has 0 fully saturated rings. The van der Waals surface area contributed by atoms with Crippen LogP contribution in [0.1, 0.15) is 5.56 Å². The van der Waals surface area contributed by atoms with Crippen molar-refractivity contribution in [2.45, 2.75) is 0 Å². The Labute approximate surface area is 75.3 Å². The van der Waals surface area contributed by atoms with E-state index in [0.717, 1.165) is 6.07 Å². The maximum Gasteiger partial charge on any atom is 0.188 e. The lowest BCUT2D eigenvalue weighted by Gasteiger charge is -2.05. The number of hydrogen-bond acceptors (Lipinski definition) is 3. The summed E-state index contributed by atoms with van der Waals surface area (Å²) < 4.78 is 22.3. The third-order valence-electron chi connectivity index (χ3n) is 1.39. The highest BCUT2D eigenvalue weighted by Crippen LogP contribution is 2.18. The number of rotatable bonds is 3. The zero-order valence-corrected chi connectivity index (χ0v) is 7.08. The molecule has 0 aliphatic heterocycles. The fourth-order valence-corrected chi connectivity index (χ4v) is 0.838. The van der Waals surface area contributed by atoms with E-state index in [1.54, 1.807) is 0 Å². The Kier molecular flexibility index (Phi) is 3.23. The highest BCUT2D eigenvalue weighted by atomic mass is 19.1. The van der Waals surface area contributed by atoms with E-state index >= 15 is 0 Å². The van der Waals surface area contributed by atoms with Gasteiger partial charge in [0.2, 0.25) is 0 Å². The Morgan fingerprint density at radius 2 is 2.31 bits per heavy atom. The first-order chi connectivity index (χ1) is 6.27. The first-order valence-corrected chi connectivity index (χ1v) is 3.59. The normalized spacial score (nSPS) is 9.31. The van der Waals surface area contributed by atoms with Crippen LogP contribution in [0.25, 0.3) is 0 Å². The second kappa shape index (κ2) is 4.43. The van der Waals surface area contributed by atoms with Crippen molar-refractivity contribution in [3.05, 3.63) is 29.6 Å². The number of halogens is 1. The molecule has 0 atom stereocenters. The molecule has 0 saturated heterocycles. The zero-order chi connectivity index (χ0) is 9.68. The second-order valence-corrected chi connectivity index (χ2v) is 2.30. The average molecular weight is 181 g/mol. The molecule has 0 amide bonds. The van der Waals surface area contributed by atoms with E-state index in [9.17, 15) is 4.39 Å². The first kappa shape index (κ1) is 9.49. The number of benzene rings is 1. The maximum absolute atomic E-state index is 12.6. The summed E-state index contributed by atoms with van der Waals surface area (Å²) in [7, 11) is 1.47. The van der Waals surface area contributed by atoms with Crippen molar-refractivity contribution in [2.75, 3.05) is 13.9 Å². The van der Waals surface area contributed by atoms with E-state index in [1.165, 1.54) is 19.2 Å². The van der Waals surface area contributed by atoms with Crippen LogP contribution in [0.2, 0.25) is 0 Å². The number of hydrogen-bond donors (Lipinski definition) is 0. The largest absolute Gasteiger partial charge is 0.466 e. The summed E-state index contributed by atoms with van der Waals surface area (Å²) in [6, 6.07) is 5.56. The van der Waals surface area contributed by atoms with Crippen LogP contribution in [0.5, 0.6) is 5.75 Å². The number of nitriles is 1. The minimum absolute atomic E-state index is 0.0420. The Bertz CT molecular complexity index is 333. The fraction of sp³-hybridized carbons (Fsp3) is 0.222. The molecular weight excluding hydrogens is 173 g/mol. The summed E-state index contributed by atoms with van der Waals surface area (Å²) in [5.41, 5.74) is 0.164. The number of methoxy groups -OCH3 is 1. The molecule has 0 aliphatic rings. The van der Waals surface area contributed by atoms with Crippen LogP contribution in [-0.4, -0.2) is 13.9 Å². The molecule has 0 N–H and O–H groups in total. The minimum Gasteiger partial charge on any atom is -0.466 e. The lowest BCUT2D eigenvalue weighted by atomic mass is 10.2. The first-order valence-electron chi connectivity index (χ1n) is 3.59. The van der Waals surface area contributed by atoms with Gasteiger partial charge in [-0.25, -0.2) is 4.39 Å². The lowest BCUT2D eigenvalue weighted by molar-refractivity contribution is 0.0508. The lowest BCUT2D eigenvalue weighted by Crippen LogP contribution is -2.00. The Morgan fingerprint density at radius 3 is 2.92 bits per heavy atom. The quantitative estimate of drug-likeness (QED) is 0.666. The van der Waals surface area contributed by atoms with E-state index in [4.69, 9.17) is 10.00 Å². The van der Waals surface area contributed by atoms with Crippen LogP contribution in [-0.2, 0) is 4.74 Å². The average Bonchev–Trinajstić information content (AvgIpc) is 2.16. The highest BCUT2D eigenvalue weighted by Gasteiger charge is 2.03. The van der Waals surface area contributed by atoms with Gasteiger partial charge in [0.05, 0.1) is 5.56 Å². The standard InChI is InChI=1S/C9H8FNO2/c1-12-6-13-9-3-2-8(10)4-7(9)5-11/h2-4H,6H2,1H3. The van der Waals surface area contributed by atoms with Gasteiger partial charge in [0, 0.05) is 7.11 Å². The molecule has 1 aromatic carbocycles. The summed E-state index contributed by atoms with van der Waals surface area (Å²) >= 11 is 0. The number of nitrogens with zero attached hydrogens (tertiary/aromatic N) is 1. The van der Waals surface area contributed by atoms with Crippen LogP contribution >= 0.6 is 0 Å². The van der Waals surface area contributed by atoms with E-state index in [1.807, 2.05) is 6.07 Å². The molecule has 0 radical (unpaired) electrons. The Morgan fingerprint density at radius 1 is 1.54 bits per heavy atom. The van der Waals surface area contributed by atoms with Gasteiger partial charge in [0.25, 0.3) is 0 Å².